The zero-order chi connectivity index (χ0) is 22.5. The van der Waals surface area contributed by atoms with Gasteiger partial charge in [-0.1, -0.05) is 0 Å². The molecule has 8 nitrogen and oxygen atoms in total. The number of fused-ring (bicyclic) bond motifs is 1. The van der Waals surface area contributed by atoms with Crippen LogP contribution < -0.4 is 20.1 Å². The molecule has 1 aromatic rings. The van der Waals surface area contributed by atoms with E-state index in [4.69, 9.17) is 14.2 Å². The first kappa shape index (κ1) is 23.3. The van der Waals surface area contributed by atoms with Gasteiger partial charge in [0.05, 0.1) is 6.61 Å². The first-order chi connectivity index (χ1) is 14.0. The SMILES string of the molecule is CCOc1cc2c(cc1/C=C/C(=O)O[C@@H](C)C(=O)NC(=O)NC(C)(C)C)O[C@@H](C)C2. The number of ether oxygens (including phenoxy) is 3. The molecule has 1 aromatic carbocycles. The lowest BCUT2D eigenvalue weighted by Crippen LogP contribution is -2.50. The van der Waals surface area contributed by atoms with Gasteiger partial charge in [0.25, 0.3) is 5.91 Å². The standard InChI is InChI=1S/C22H30N2O6/c1-7-28-17-12-16-10-13(2)29-18(16)11-15(17)8-9-19(25)30-14(3)20(26)23-21(27)24-22(4,5)6/h8-9,11-14H,7,10H2,1-6H3,(H2,23,24,26,27)/b9-8+/t13-,14-/m0/s1. The number of esters is 1. The third-order valence-electron chi connectivity index (χ3n) is 4.11. The minimum atomic E-state index is -1.14. The Labute approximate surface area is 176 Å². The largest absolute Gasteiger partial charge is 0.493 e. The van der Waals surface area contributed by atoms with E-state index < -0.39 is 29.6 Å². The molecule has 0 fully saturated rings. The zero-order valence-electron chi connectivity index (χ0n) is 18.3. The van der Waals surface area contributed by atoms with Crippen LogP contribution in [0, 0.1) is 0 Å². The molecule has 1 aliphatic heterocycles. The lowest BCUT2D eigenvalue weighted by atomic mass is 10.1. The second-order valence-corrected chi connectivity index (χ2v) is 8.17. The number of carbonyl (C=O) groups is 3. The van der Waals surface area contributed by atoms with Crippen molar-refractivity contribution in [3.8, 4) is 11.5 Å². The highest BCUT2D eigenvalue weighted by molar-refractivity contribution is 5.98. The van der Waals surface area contributed by atoms with Gasteiger partial charge in [0, 0.05) is 29.2 Å². The highest BCUT2D eigenvalue weighted by atomic mass is 16.5. The number of nitrogens with one attached hydrogen (secondary N) is 2. The molecule has 2 atom stereocenters. The van der Waals surface area contributed by atoms with Crippen LogP contribution in [-0.2, 0) is 20.7 Å². The summed E-state index contributed by atoms with van der Waals surface area (Å²) in [6.07, 6.45) is 2.52. The number of hydrogen-bond acceptors (Lipinski definition) is 6. The van der Waals surface area contributed by atoms with Crippen molar-refractivity contribution in [2.45, 2.75) is 65.7 Å². The van der Waals surface area contributed by atoms with Crippen molar-refractivity contribution in [1.82, 2.24) is 10.6 Å². The second kappa shape index (κ2) is 9.65. The summed E-state index contributed by atoms with van der Waals surface area (Å²) in [5, 5.41) is 4.74. The van der Waals surface area contributed by atoms with Gasteiger partial charge in [0.15, 0.2) is 6.10 Å². The fourth-order valence-electron chi connectivity index (χ4n) is 2.88. The molecule has 2 rings (SSSR count). The van der Waals surface area contributed by atoms with Crippen molar-refractivity contribution < 1.29 is 28.6 Å². The summed E-state index contributed by atoms with van der Waals surface area (Å²) in [7, 11) is 0. The van der Waals surface area contributed by atoms with E-state index in [2.05, 4.69) is 10.6 Å². The van der Waals surface area contributed by atoms with E-state index in [1.807, 2.05) is 26.0 Å². The number of amides is 3. The fraction of sp³-hybridized carbons (Fsp3) is 0.500. The number of carbonyl (C=O) groups excluding carboxylic acids is 3. The Balaban J connectivity index is 1.99. The molecule has 0 bridgehead atoms. The maximum Gasteiger partial charge on any atom is 0.331 e. The molecule has 0 aromatic heterocycles. The van der Waals surface area contributed by atoms with Crippen LogP contribution in [0.15, 0.2) is 18.2 Å². The van der Waals surface area contributed by atoms with Crippen molar-refractivity contribution in [2.24, 2.45) is 0 Å². The smallest absolute Gasteiger partial charge is 0.331 e. The first-order valence-electron chi connectivity index (χ1n) is 9.96. The summed E-state index contributed by atoms with van der Waals surface area (Å²) >= 11 is 0. The van der Waals surface area contributed by atoms with Gasteiger partial charge in [-0.15, -0.1) is 0 Å². The number of rotatable bonds is 6. The summed E-state index contributed by atoms with van der Waals surface area (Å²) in [6, 6.07) is 3.08. The summed E-state index contributed by atoms with van der Waals surface area (Å²) in [4.78, 5) is 35.9. The van der Waals surface area contributed by atoms with E-state index >= 15 is 0 Å². The minimum Gasteiger partial charge on any atom is -0.493 e. The number of hydrogen-bond donors (Lipinski definition) is 2. The maximum atomic E-state index is 12.1. The molecule has 8 heteroatoms. The molecule has 0 spiro atoms. The van der Waals surface area contributed by atoms with Crippen LogP contribution in [0.25, 0.3) is 6.08 Å². The van der Waals surface area contributed by atoms with Crippen molar-refractivity contribution >= 4 is 24.0 Å². The van der Waals surface area contributed by atoms with Crippen LogP contribution in [0.2, 0.25) is 0 Å². The molecule has 3 amide bonds. The average molecular weight is 418 g/mol. The third kappa shape index (κ3) is 6.79. The molecule has 0 saturated carbocycles. The number of imide groups is 1. The maximum absolute atomic E-state index is 12.1. The van der Waals surface area contributed by atoms with E-state index in [1.54, 1.807) is 26.8 Å². The monoisotopic (exact) mass is 418 g/mol. The van der Waals surface area contributed by atoms with Crippen LogP contribution in [-0.4, -0.2) is 42.3 Å². The highest BCUT2D eigenvalue weighted by Gasteiger charge is 2.23. The van der Waals surface area contributed by atoms with E-state index in [1.165, 1.54) is 13.0 Å². The summed E-state index contributed by atoms with van der Waals surface area (Å²) in [6.45, 7) is 11.1. The summed E-state index contributed by atoms with van der Waals surface area (Å²) in [5.74, 6) is -0.0289. The molecule has 0 radical (unpaired) electrons. The molecule has 0 saturated heterocycles. The van der Waals surface area contributed by atoms with Crippen LogP contribution >= 0.6 is 0 Å². The Hall–Kier alpha value is -3.03. The van der Waals surface area contributed by atoms with Gasteiger partial charge < -0.3 is 19.5 Å². The summed E-state index contributed by atoms with van der Waals surface area (Å²) in [5.41, 5.74) is 1.23. The van der Waals surface area contributed by atoms with Crippen LogP contribution in [0.1, 0.15) is 52.7 Å². The van der Waals surface area contributed by atoms with Gasteiger partial charge in [-0.3, -0.25) is 10.1 Å². The van der Waals surface area contributed by atoms with Crippen LogP contribution in [0.4, 0.5) is 4.79 Å². The molecule has 164 valence electrons. The fourth-order valence-corrected chi connectivity index (χ4v) is 2.88. The van der Waals surface area contributed by atoms with Gasteiger partial charge in [0.1, 0.15) is 17.6 Å². The lowest BCUT2D eigenvalue weighted by molar-refractivity contribution is -0.149. The normalized spacial score (nSPS) is 16.4. The van der Waals surface area contributed by atoms with E-state index in [9.17, 15) is 14.4 Å². The Morgan fingerprint density at radius 3 is 2.63 bits per heavy atom. The third-order valence-corrected chi connectivity index (χ3v) is 4.11. The Morgan fingerprint density at radius 2 is 2.00 bits per heavy atom. The zero-order valence-corrected chi connectivity index (χ0v) is 18.3. The van der Waals surface area contributed by atoms with E-state index in [0.29, 0.717) is 17.9 Å². The van der Waals surface area contributed by atoms with Crippen LogP contribution in [0.3, 0.4) is 0 Å². The topological polar surface area (TPSA) is 103 Å². The molecule has 1 aliphatic rings. The first-order valence-corrected chi connectivity index (χ1v) is 9.96. The predicted octanol–water partition coefficient (Wildman–Crippen LogP) is 2.98. The molecule has 1 heterocycles. The quantitative estimate of drug-likeness (QED) is 0.544. The average Bonchev–Trinajstić information content (AvgIpc) is 2.97. The molecule has 30 heavy (non-hydrogen) atoms. The molecular weight excluding hydrogens is 388 g/mol. The Bertz CT molecular complexity index is 841. The minimum absolute atomic E-state index is 0.0912. The van der Waals surface area contributed by atoms with E-state index in [-0.39, 0.29) is 6.10 Å². The van der Waals surface area contributed by atoms with Gasteiger partial charge in [-0.2, -0.15) is 0 Å². The Kier molecular flexibility index (Phi) is 7.48. The highest BCUT2D eigenvalue weighted by Crippen LogP contribution is 2.35. The van der Waals surface area contributed by atoms with Gasteiger partial charge in [0.2, 0.25) is 0 Å². The molecule has 0 aliphatic carbocycles. The molecular formula is C22H30N2O6. The van der Waals surface area contributed by atoms with Gasteiger partial charge >= 0.3 is 12.0 Å². The van der Waals surface area contributed by atoms with Crippen molar-refractivity contribution in [3.05, 3.63) is 29.3 Å². The van der Waals surface area contributed by atoms with Gasteiger partial charge in [-0.05, 0) is 59.8 Å². The van der Waals surface area contributed by atoms with Crippen molar-refractivity contribution in [3.63, 3.8) is 0 Å². The van der Waals surface area contributed by atoms with Crippen molar-refractivity contribution in [2.75, 3.05) is 6.61 Å². The lowest BCUT2D eigenvalue weighted by Gasteiger charge is -2.21. The summed E-state index contributed by atoms with van der Waals surface area (Å²) < 4.78 is 16.5. The number of urea groups is 1. The molecule has 0 unspecified atom stereocenters. The Morgan fingerprint density at radius 1 is 1.30 bits per heavy atom. The van der Waals surface area contributed by atoms with Gasteiger partial charge in [-0.25, -0.2) is 9.59 Å². The second-order valence-electron chi connectivity index (χ2n) is 8.17. The number of benzene rings is 1. The van der Waals surface area contributed by atoms with E-state index in [0.717, 1.165) is 17.7 Å². The van der Waals surface area contributed by atoms with Crippen LogP contribution in [0.5, 0.6) is 11.5 Å². The van der Waals surface area contributed by atoms with Crippen molar-refractivity contribution in [1.29, 1.82) is 0 Å². The predicted molar refractivity (Wildman–Crippen MR) is 112 cm³/mol. The molecule has 2 N–H and O–H groups in total.